The molecule has 3 aliphatic carbocycles. The number of aliphatic hydroxyl groups is 4. The number of rotatable bonds is 4. The van der Waals surface area contributed by atoms with Gasteiger partial charge in [0.25, 0.3) is 5.91 Å². The minimum absolute atomic E-state index is 0.0586. The fraction of sp³-hybridized carbons (Fsp3) is 0.346. The molecule has 0 bridgehead atoms. The zero-order valence-corrected chi connectivity index (χ0v) is 21.1. The number of nitrogens with one attached hydrogen (secondary N) is 1. The summed E-state index contributed by atoms with van der Waals surface area (Å²) in [6.45, 7) is 3.15. The van der Waals surface area contributed by atoms with Crippen LogP contribution < -0.4 is 5.73 Å². The van der Waals surface area contributed by atoms with Crippen LogP contribution in [0.25, 0.3) is 17.0 Å². The zero-order valence-electron chi connectivity index (χ0n) is 21.1. The van der Waals surface area contributed by atoms with Crippen LogP contribution in [0.2, 0.25) is 0 Å². The summed E-state index contributed by atoms with van der Waals surface area (Å²) in [6, 6.07) is 4.49. The van der Waals surface area contributed by atoms with Crippen molar-refractivity contribution in [1.82, 2.24) is 10.2 Å². The Morgan fingerprint density at radius 1 is 1.21 bits per heavy atom. The van der Waals surface area contributed by atoms with Crippen LogP contribution in [-0.2, 0) is 31.2 Å². The number of oxime groups is 1. The van der Waals surface area contributed by atoms with Gasteiger partial charge in [-0.05, 0) is 56.4 Å². The molecule has 5 rings (SSSR count). The van der Waals surface area contributed by atoms with Crippen LogP contribution in [-0.4, -0.2) is 71.6 Å². The predicted molar refractivity (Wildman–Crippen MR) is 134 cm³/mol. The van der Waals surface area contributed by atoms with E-state index in [4.69, 9.17) is 10.6 Å². The third kappa shape index (κ3) is 3.57. The Labute approximate surface area is 220 Å². The van der Waals surface area contributed by atoms with Gasteiger partial charge >= 0.3 is 0 Å². The van der Waals surface area contributed by atoms with Crippen molar-refractivity contribution < 1.29 is 44.8 Å². The number of aromatic nitrogens is 2. The predicted octanol–water partition coefficient (Wildman–Crippen LogP) is 0.654. The molecule has 39 heavy (non-hydrogen) atoms. The van der Waals surface area contributed by atoms with Gasteiger partial charge in [-0.25, -0.2) is 0 Å². The van der Waals surface area contributed by atoms with Crippen molar-refractivity contribution in [2.45, 2.75) is 37.9 Å². The lowest BCUT2D eigenvalue weighted by molar-refractivity contribution is -0.153. The number of nitrogens with zero attached hydrogens (tertiary/aromatic N) is 2. The number of phenolic OH excluding ortho intramolecular Hbond substituents is 1. The number of allylic oxidation sites excluding steroid dienone is 1. The molecule has 0 unspecified atom stereocenters. The minimum Gasteiger partial charge on any atom is -0.507 e. The van der Waals surface area contributed by atoms with Crippen LogP contribution in [0.5, 0.6) is 5.75 Å². The van der Waals surface area contributed by atoms with E-state index in [0.29, 0.717) is 22.5 Å². The molecule has 1 saturated carbocycles. The molecule has 1 aromatic carbocycles. The van der Waals surface area contributed by atoms with Gasteiger partial charge in [-0.2, -0.15) is 5.10 Å². The first-order valence-corrected chi connectivity index (χ1v) is 12.0. The van der Waals surface area contributed by atoms with Crippen molar-refractivity contribution in [3.05, 3.63) is 51.9 Å². The summed E-state index contributed by atoms with van der Waals surface area (Å²) in [7, 11) is 1.14. The van der Waals surface area contributed by atoms with Crippen molar-refractivity contribution in [3.63, 3.8) is 0 Å². The first-order valence-electron chi connectivity index (χ1n) is 12.0. The maximum atomic E-state index is 13.8. The van der Waals surface area contributed by atoms with Gasteiger partial charge in [0.15, 0.2) is 11.4 Å². The summed E-state index contributed by atoms with van der Waals surface area (Å²) >= 11 is 0. The molecule has 13 nitrogen and oxygen atoms in total. The molecular weight excluding hydrogens is 512 g/mol. The molecule has 204 valence electrons. The molecule has 1 fully saturated rings. The second kappa shape index (κ2) is 8.51. The van der Waals surface area contributed by atoms with E-state index >= 15 is 0 Å². The number of ketones is 2. The molecule has 13 heteroatoms. The Morgan fingerprint density at radius 3 is 2.49 bits per heavy atom. The highest BCUT2D eigenvalue weighted by Crippen LogP contribution is 2.51. The number of nitrogens with two attached hydrogens (primary N) is 1. The van der Waals surface area contributed by atoms with Crippen molar-refractivity contribution in [3.8, 4) is 17.0 Å². The van der Waals surface area contributed by atoms with Crippen molar-refractivity contribution in [2.75, 3.05) is 7.11 Å². The lowest BCUT2D eigenvalue weighted by atomic mass is 9.58. The van der Waals surface area contributed by atoms with Gasteiger partial charge < -0.3 is 36.1 Å². The summed E-state index contributed by atoms with van der Waals surface area (Å²) in [5.74, 6) is -8.16. The Hall–Kier alpha value is -4.49. The standard InChI is InChI=1S/C26H26N4O9/c1-25(2,37)15-8-13(28-29-15)10-4-5-14(31)17-11(10)6-9-7-12-19(30-39-3)21(33)18(24(27)36)23(35)26(12,38)22(34)16(9)20(17)32/h4-5,8-9,12,31-33,37-38H,6-7H2,1-3H3,(H2,27,36)(H,28,29)/b30-19-/t9-,12-,26-/m0/s1. The lowest BCUT2D eigenvalue weighted by Crippen LogP contribution is -2.64. The molecule has 1 amide bonds. The molecule has 1 heterocycles. The van der Waals surface area contributed by atoms with Gasteiger partial charge in [0.1, 0.15) is 35.5 Å². The minimum atomic E-state index is -2.91. The molecule has 3 aliphatic rings. The molecule has 1 aromatic heterocycles. The summed E-state index contributed by atoms with van der Waals surface area (Å²) in [5, 5.41) is 65.2. The summed E-state index contributed by atoms with van der Waals surface area (Å²) in [5.41, 5.74) is 1.05. The van der Waals surface area contributed by atoms with Crippen LogP contribution in [0.4, 0.5) is 0 Å². The second-order valence-electron chi connectivity index (χ2n) is 10.3. The highest BCUT2D eigenvalue weighted by molar-refractivity contribution is 6.38. The summed E-state index contributed by atoms with van der Waals surface area (Å²) in [6.07, 6.45) is -0.112. The molecule has 0 saturated heterocycles. The number of H-pyrrole nitrogens is 1. The Balaban J connectivity index is 1.70. The van der Waals surface area contributed by atoms with Crippen LogP contribution in [0, 0.1) is 11.8 Å². The number of hydrogen-bond donors (Lipinski definition) is 7. The Morgan fingerprint density at radius 2 is 1.90 bits per heavy atom. The summed E-state index contributed by atoms with van der Waals surface area (Å²) < 4.78 is 0. The van der Waals surface area contributed by atoms with Crippen LogP contribution >= 0.6 is 0 Å². The Bertz CT molecular complexity index is 1560. The number of carbonyl (C=O) groups is 3. The highest BCUT2D eigenvalue weighted by Gasteiger charge is 2.64. The summed E-state index contributed by atoms with van der Waals surface area (Å²) in [4.78, 5) is 43.8. The number of hydrogen-bond acceptors (Lipinski definition) is 11. The average Bonchev–Trinajstić information content (AvgIpc) is 3.34. The fourth-order valence-corrected chi connectivity index (χ4v) is 5.71. The zero-order chi connectivity index (χ0) is 28.6. The maximum absolute atomic E-state index is 13.8. The highest BCUT2D eigenvalue weighted by atomic mass is 16.6. The van der Waals surface area contributed by atoms with Crippen molar-refractivity contribution >= 4 is 28.9 Å². The van der Waals surface area contributed by atoms with Crippen LogP contribution in [0.3, 0.4) is 0 Å². The first kappa shape index (κ1) is 26.1. The third-order valence-corrected chi connectivity index (χ3v) is 7.59. The normalized spacial score (nSPS) is 25.9. The third-order valence-electron chi connectivity index (χ3n) is 7.59. The maximum Gasteiger partial charge on any atom is 0.256 e. The van der Waals surface area contributed by atoms with Gasteiger partial charge in [0.2, 0.25) is 11.6 Å². The topological polar surface area (TPSA) is 229 Å². The number of aliphatic hydroxyl groups excluding tert-OH is 2. The molecule has 3 atom stereocenters. The molecule has 8 N–H and O–H groups in total. The SMILES string of the molecule is CO/N=C1\C(O)=C(C(N)=O)C(=O)[C@@]2(O)C(=O)C3=C(O)c4c(O)ccc(-c5cc(C(C)(C)O)[nH]n5)c4C[C@H]3C[C@@H]12. The van der Waals surface area contributed by atoms with Crippen molar-refractivity contribution in [1.29, 1.82) is 0 Å². The molecule has 0 aliphatic heterocycles. The van der Waals surface area contributed by atoms with E-state index in [9.17, 15) is 39.9 Å². The number of phenols is 1. The van der Waals surface area contributed by atoms with E-state index in [-0.39, 0.29) is 29.7 Å². The number of aromatic hydroxyl groups is 1. The molecule has 0 radical (unpaired) electrons. The number of primary amides is 1. The molecular formula is C26H26N4O9. The quantitative estimate of drug-likeness (QED) is 0.163. The lowest BCUT2D eigenvalue weighted by Gasteiger charge is -2.45. The smallest absolute Gasteiger partial charge is 0.256 e. The number of benzene rings is 1. The monoisotopic (exact) mass is 538 g/mol. The van der Waals surface area contributed by atoms with Crippen LogP contribution in [0.1, 0.15) is 37.1 Å². The number of carbonyl (C=O) groups excluding carboxylic acids is 3. The van der Waals surface area contributed by atoms with Gasteiger partial charge in [-0.3, -0.25) is 19.5 Å². The van der Waals surface area contributed by atoms with E-state index in [1.54, 1.807) is 26.0 Å². The van der Waals surface area contributed by atoms with Crippen molar-refractivity contribution in [2.24, 2.45) is 22.7 Å². The van der Waals surface area contributed by atoms with Gasteiger partial charge in [-0.1, -0.05) is 5.16 Å². The van der Waals surface area contributed by atoms with E-state index in [1.807, 2.05) is 0 Å². The first-order chi connectivity index (χ1) is 18.2. The van der Waals surface area contributed by atoms with Gasteiger partial charge in [0, 0.05) is 11.1 Å². The van der Waals surface area contributed by atoms with Gasteiger partial charge in [-0.15, -0.1) is 0 Å². The number of amides is 1. The molecule has 0 spiro atoms. The number of fused-ring (bicyclic) bond motifs is 3. The number of aromatic amines is 1. The van der Waals surface area contributed by atoms with E-state index in [2.05, 4.69) is 15.4 Å². The average molecular weight is 539 g/mol. The largest absolute Gasteiger partial charge is 0.507 e. The van der Waals surface area contributed by atoms with E-state index in [1.165, 1.54) is 6.07 Å². The Kier molecular flexibility index (Phi) is 5.70. The van der Waals surface area contributed by atoms with E-state index < -0.39 is 63.3 Å². The molecule has 2 aromatic rings. The van der Waals surface area contributed by atoms with Crippen LogP contribution in [0.15, 0.2) is 40.3 Å². The van der Waals surface area contributed by atoms with E-state index in [0.717, 1.165) is 7.11 Å². The van der Waals surface area contributed by atoms with Gasteiger partial charge in [0.05, 0.1) is 22.9 Å². The second-order valence-corrected chi connectivity index (χ2v) is 10.3. The number of Topliss-reactive ketones (excluding diaryl/α,β-unsaturated/α-hetero) is 2. The fourth-order valence-electron chi connectivity index (χ4n) is 5.71.